The van der Waals surface area contributed by atoms with Gasteiger partial charge >= 0.3 is 6.03 Å². The van der Waals surface area contributed by atoms with E-state index in [0.717, 1.165) is 4.90 Å². The topological polar surface area (TPSA) is 143 Å². The summed E-state index contributed by atoms with van der Waals surface area (Å²) in [6.07, 6.45) is -7.89. The Labute approximate surface area is 158 Å². The van der Waals surface area contributed by atoms with Crippen molar-refractivity contribution < 1.29 is 35.1 Å². The number of nitrogens with zero attached hydrogens (tertiary/aromatic N) is 1. The van der Waals surface area contributed by atoms with Crippen molar-refractivity contribution in [1.29, 1.82) is 0 Å². The van der Waals surface area contributed by atoms with Crippen molar-refractivity contribution in [1.82, 2.24) is 10.2 Å². The number of nitrogens with one attached hydrogen (secondary N) is 1. The number of alkyl halides is 1. The largest absolute Gasteiger partial charge is 0.387 e. The summed E-state index contributed by atoms with van der Waals surface area (Å²) < 4.78 is 5.42. The number of rotatable bonds is 8. The van der Waals surface area contributed by atoms with Crippen molar-refractivity contribution in [2.24, 2.45) is 5.92 Å². The minimum absolute atomic E-state index is 0.0343. The van der Waals surface area contributed by atoms with Gasteiger partial charge < -0.3 is 35.6 Å². The molecule has 154 valence electrons. The first-order chi connectivity index (χ1) is 12.1. The number of carbonyl (C=O) groups excluding carboxylic acids is 1. The molecule has 26 heavy (non-hydrogen) atoms. The summed E-state index contributed by atoms with van der Waals surface area (Å²) in [5, 5.41) is 54.2. The highest BCUT2D eigenvalue weighted by atomic mass is 35.5. The fraction of sp³-hybridized carbons (Fsp3) is 0.938. The van der Waals surface area contributed by atoms with E-state index in [4.69, 9.17) is 16.3 Å². The number of ether oxygens (including phenoxy) is 1. The van der Waals surface area contributed by atoms with Crippen molar-refractivity contribution in [3.8, 4) is 0 Å². The molecule has 0 bridgehead atoms. The molecular formula is C16H31ClN2O7. The third-order valence-electron chi connectivity index (χ3n) is 4.22. The Morgan fingerprint density at radius 3 is 2.42 bits per heavy atom. The van der Waals surface area contributed by atoms with Crippen molar-refractivity contribution in [3.05, 3.63) is 0 Å². The lowest BCUT2D eigenvalue weighted by molar-refractivity contribution is -0.366. The first-order valence-electron chi connectivity index (χ1n) is 8.81. The number of aliphatic hydroxyl groups is 5. The number of amides is 2. The van der Waals surface area contributed by atoms with E-state index in [-0.39, 0.29) is 31.3 Å². The van der Waals surface area contributed by atoms with Crippen LogP contribution in [0.5, 0.6) is 0 Å². The standard InChI is InChI=1S/C16H31ClN2O7/c1-4-7-19(15(24)18-6-5-17)14(23)12-10(20)11(21)13(22)16(25,26-12)8-9(2)3/h9-14,20-23,25H,4-8H2,1-3H3,(H,18,24)/t10-,11-,12-,13+,14?,16-/m0/s1. The van der Waals surface area contributed by atoms with Gasteiger partial charge in [0, 0.05) is 25.4 Å². The van der Waals surface area contributed by atoms with Gasteiger partial charge in [0.05, 0.1) is 0 Å². The van der Waals surface area contributed by atoms with Gasteiger partial charge in [-0.2, -0.15) is 0 Å². The Morgan fingerprint density at radius 1 is 1.31 bits per heavy atom. The van der Waals surface area contributed by atoms with Crippen LogP contribution in [0.1, 0.15) is 33.6 Å². The Hall–Kier alpha value is -0.680. The lowest BCUT2D eigenvalue weighted by Gasteiger charge is -2.49. The van der Waals surface area contributed by atoms with E-state index in [1.165, 1.54) is 0 Å². The second-order valence-electron chi connectivity index (χ2n) is 6.98. The second kappa shape index (κ2) is 10.0. The van der Waals surface area contributed by atoms with Gasteiger partial charge in [-0.25, -0.2) is 4.79 Å². The maximum Gasteiger partial charge on any atom is 0.319 e. The maximum atomic E-state index is 12.3. The first kappa shape index (κ1) is 23.4. The smallest absolute Gasteiger partial charge is 0.319 e. The van der Waals surface area contributed by atoms with Gasteiger partial charge in [0.2, 0.25) is 0 Å². The molecule has 0 aromatic carbocycles. The van der Waals surface area contributed by atoms with Crippen molar-refractivity contribution in [2.45, 2.75) is 70.0 Å². The maximum absolute atomic E-state index is 12.3. The van der Waals surface area contributed by atoms with Crippen LogP contribution in [0.4, 0.5) is 4.79 Å². The van der Waals surface area contributed by atoms with E-state index in [1.54, 1.807) is 20.8 Å². The Kier molecular flexibility index (Phi) is 9.01. The van der Waals surface area contributed by atoms with Crippen LogP contribution < -0.4 is 5.32 Å². The minimum atomic E-state index is -2.16. The average Bonchev–Trinajstić information content (AvgIpc) is 2.58. The van der Waals surface area contributed by atoms with Gasteiger partial charge in [0.15, 0.2) is 12.0 Å². The molecule has 0 aromatic heterocycles. The summed E-state index contributed by atoms with van der Waals surface area (Å²) in [6.45, 7) is 5.67. The third kappa shape index (κ3) is 5.41. The molecule has 0 radical (unpaired) electrons. The molecule has 0 aromatic rings. The van der Waals surface area contributed by atoms with Crippen LogP contribution in [-0.4, -0.2) is 91.9 Å². The predicted molar refractivity (Wildman–Crippen MR) is 94.4 cm³/mol. The van der Waals surface area contributed by atoms with Crippen LogP contribution in [0.15, 0.2) is 0 Å². The highest BCUT2D eigenvalue weighted by Crippen LogP contribution is 2.34. The van der Waals surface area contributed by atoms with E-state index in [1.807, 2.05) is 0 Å². The number of aliphatic hydroxyl groups excluding tert-OH is 4. The van der Waals surface area contributed by atoms with Crippen molar-refractivity contribution >= 4 is 17.6 Å². The summed E-state index contributed by atoms with van der Waals surface area (Å²) in [7, 11) is 0. The van der Waals surface area contributed by atoms with Gasteiger partial charge in [0.25, 0.3) is 0 Å². The summed E-state index contributed by atoms with van der Waals surface area (Å²) in [5.41, 5.74) is 0. The Morgan fingerprint density at radius 2 is 1.92 bits per heavy atom. The molecule has 1 unspecified atom stereocenters. The molecular weight excluding hydrogens is 368 g/mol. The zero-order valence-corrected chi connectivity index (χ0v) is 16.1. The molecule has 0 aliphatic carbocycles. The zero-order valence-electron chi connectivity index (χ0n) is 15.4. The summed E-state index contributed by atoms with van der Waals surface area (Å²) in [4.78, 5) is 13.3. The summed E-state index contributed by atoms with van der Waals surface area (Å²) >= 11 is 5.55. The van der Waals surface area contributed by atoms with Crippen LogP contribution in [0.3, 0.4) is 0 Å². The SMILES string of the molecule is CCCN(C(=O)NCCCl)C(O)[C@H]1O[C@@](O)(CC(C)C)[C@H](O)[C@@H](O)[C@@H]1O. The second-order valence-corrected chi connectivity index (χ2v) is 7.36. The molecule has 1 aliphatic heterocycles. The quantitative estimate of drug-likeness (QED) is 0.231. The van der Waals surface area contributed by atoms with Crippen molar-refractivity contribution in [2.75, 3.05) is 19.0 Å². The molecule has 2 amide bonds. The number of hydrogen-bond acceptors (Lipinski definition) is 7. The van der Waals surface area contributed by atoms with Crippen molar-refractivity contribution in [3.63, 3.8) is 0 Å². The molecule has 1 heterocycles. The normalized spacial score (nSPS) is 33.2. The third-order valence-corrected chi connectivity index (χ3v) is 4.41. The molecule has 0 spiro atoms. The van der Waals surface area contributed by atoms with Crippen LogP contribution in [0.2, 0.25) is 0 Å². The highest BCUT2D eigenvalue weighted by Gasteiger charge is 2.55. The minimum Gasteiger partial charge on any atom is -0.387 e. The van der Waals surface area contributed by atoms with Gasteiger partial charge in [-0.15, -0.1) is 11.6 Å². The summed E-state index contributed by atoms with van der Waals surface area (Å²) in [6, 6.07) is -0.621. The number of halogens is 1. The van der Waals surface area contributed by atoms with Crippen LogP contribution in [0.25, 0.3) is 0 Å². The highest BCUT2D eigenvalue weighted by molar-refractivity contribution is 6.18. The van der Waals surface area contributed by atoms with Gasteiger partial charge in [0.1, 0.15) is 24.4 Å². The van der Waals surface area contributed by atoms with E-state index < -0.39 is 42.5 Å². The van der Waals surface area contributed by atoms with Gasteiger partial charge in [-0.1, -0.05) is 20.8 Å². The van der Waals surface area contributed by atoms with Gasteiger partial charge in [-0.3, -0.25) is 4.90 Å². The lowest BCUT2D eigenvalue weighted by Crippen LogP contribution is -2.69. The van der Waals surface area contributed by atoms with E-state index in [9.17, 15) is 30.3 Å². The van der Waals surface area contributed by atoms with Crippen LogP contribution in [0, 0.1) is 5.92 Å². The molecule has 10 heteroatoms. The molecule has 9 nitrogen and oxygen atoms in total. The van der Waals surface area contributed by atoms with Crippen LogP contribution in [-0.2, 0) is 4.74 Å². The molecule has 6 N–H and O–H groups in total. The predicted octanol–water partition coefficient (Wildman–Crippen LogP) is -0.819. The van der Waals surface area contributed by atoms with Crippen LogP contribution >= 0.6 is 11.6 Å². The molecule has 6 atom stereocenters. The van der Waals surface area contributed by atoms with E-state index in [2.05, 4.69) is 5.32 Å². The Balaban J connectivity index is 3.05. The monoisotopic (exact) mass is 398 g/mol. The van der Waals surface area contributed by atoms with Gasteiger partial charge in [-0.05, 0) is 12.3 Å². The molecule has 0 saturated carbocycles. The number of carbonyl (C=O) groups is 1. The molecule has 1 rings (SSSR count). The average molecular weight is 399 g/mol. The lowest BCUT2D eigenvalue weighted by atomic mass is 9.87. The number of urea groups is 1. The van der Waals surface area contributed by atoms with E-state index in [0.29, 0.717) is 6.42 Å². The molecule has 1 saturated heterocycles. The molecule has 1 aliphatic rings. The number of hydrogen-bond donors (Lipinski definition) is 6. The van der Waals surface area contributed by atoms with E-state index >= 15 is 0 Å². The Bertz CT molecular complexity index is 456. The molecule has 1 fully saturated rings. The fourth-order valence-electron chi connectivity index (χ4n) is 3.04. The summed E-state index contributed by atoms with van der Waals surface area (Å²) in [5.74, 6) is -2.08. The fourth-order valence-corrected chi connectivity index (χ4v) is 3.14. The zero-order chi connectivity index (χ0) is 20.1. The first-order valence-corrected chi connectivity index (χ1v) is 9.35.